The third kappa shape index (κ3) is 4.94. The van der Waals surface area contributed by atoms with Crippen LogP contribution < -0.4 is 4.74 Å². The number of aliphatic carboxylic acids is 1. The molecule has 9 heteroatoms. The molecule has 1 aromatic carbocycles. The maximum absolute atomic E-state index is 12.8. The third-order valence-electron chi connectivity index (χ3n) is 3.55. The van der Waals surface area contributed by atoms with Crippen LogP contribution in [0.2, 0.25) is 0 Å². The molecule has 6 nitrogen and oxygen atoms in total. The van der Waals surface area contributed by atoms with Crippen LogP contribution in [0.25, 0.3) is 6.08 Å². The van der Waals surface area contributed by atoms with Crippen LogP contribution in [-0.2, 0) is 16.1 Å². The summed E-state index contributed by atoms with van der Waals surface area (Å²) in [5, 5.41) is 8.82. The molecule has 2 heterocycles. The highest BCUT2D eigenvalue weighted by Gasteiger charge is 2.32. The molecule has 0 spiro atoms. The van der Waals surface area contributed by atoms with E-state index in [-0.39, 0.29) is 5.91 Å². The van der Waals surface area contributed by atoms with Gasteiger partial charge in [0.15, 0.2) is 6.61 Å². The summed E-state index contributed by atoms with van der Waals surface area (Å²) in [6, 6.07) is 8.82. The molecule has 0 atom stereocenters. The van der Waals surface area contributed by atoms with E-state index >= 15 is 0 Å². The van der Waals surface area contributed by atoms with E-state index in [0.29, 0.717) is 27.1 Å². The van der Waals surface area contributed by atoms with Crippen molar-refractivity contribution in [3.63, 3.8) is 0 Å². The first-order valence-electron chi connectivity index (χ1n) is 7.72. The summed E-state index contributed by atoms with van der Waals surface area (Å²) in [6.45, 7) is -0.124. The Labute approximate surface area is 173 Å². The second-order valence-corrected chi connectivity index (χ2v) is 8.09. The first-order chi connectivity index (χ1) is 12.9. The lowest BCUT2D eigenvalue weighted by Gasteiger charge is -2.14. The smallest absolute Gasteiger partial charge is 0.341 e. The average molecular weight is 465 g/mol. The number of rotatable bonds is 6. The summed E-state index contributed by atoms with van der Waals surface area (Å²) in [7, 11) is 0. The van der Waals surface area contributed by atoms with Crippen molar-refractivity contribution in [1.82, 2.24) is 9.88 Å². The van der Waals surface area contributed by atoms with Gasteiger partial charge in [-0.3, -0.25) is 14.7 Å². The van der Waals surface area contributed by atoms with Crippen LogP contribution in [0, 0.1) is 0 Å². The molecular weight excluding hydrogens is 452 g/mol. The highest BCUT2D eigenvalue weighted by Crippen LogP contribution is 2.35. The van der Waals surface area contributed by atoms with Crippen molar-refractivity contribution in [2.75, 3.05) is 6.61 Å². The third-order valence-corrected chi connectivity index (χ3v) is 5.42. The van der Waals surface area contributed by atoms with Crippen LogP contribution in [0.4, 0.5) is 0 Å². The molecule has 1 saturated heterocycles. The number of carboxylic acid groups (broad SMARTS) is 1. The fourth-order valence-electron chi connectivity index (χ4n) is 2.35. The standard InChI is InChI=1S/C18H13BrN2O4S2/c19-13-3-4-14(25-10-16(22)23)12(6-13)7-15-17(24)21(18(26)27-15)9-11-2-1-5-20-8-11/h1-8H,9-10H2,(H,22,23)/b15-7+. The molecule has 138 valence electrons. The number of hydrogen-bond acceptors (Lipinski definition) is 6. The van der Waals surface area contributed by atoms with Crippen molar-refractivity contribution in [2.45, 2.75) is 6.54 Å². The number of halogens is 1. The Kier molecular flexibility index (Phi) is 6.25. The Hall–Kier alpha value is -2.23. The summed E-state index contributed by atoms with van der Waals surface area (Å²) in [5.74, 6) is -0.914. The fraction of sp³-hybridized carbons (Fsp3) is 0.111. The molecule has 0 aliphatic carbocycles. The van der Waals surface area contributed by atoms with Crippen LogP contribution in [-0.4, -0.2) is 37.8 Å². The summed E-state index contributed by atoms with van der Waals surface area (Å²) in [6.07, 6.45) is 5.01. The van der Waals surface area contributed by atoms with Gasteiger partial charge in [-0.1, -0.05) is 46.0 Å². The van der Waals surface area contributed by atoms with Gasteiger partial charge in [0.05, 0.1) is 11.4 Å². The summed E-state index contributed by atoms with van der Waals surface area (Å²) in [5.41, 5.74) is 1.47. The molecule has 3 rings (SSSR count). The summed E-state index contributed by atoms with van der Waals surface area (Å²) >= 11 is 9.91. The monoisotopic (exact) mass is 464 g/mol. The van der Waals surface area contributed by atoms with Gasteiger partial charge >= 0.3 is 5.97 Å². The SMILES string of the molecule is O=C(O)COc1ccc(Br)cc1/C=C1/SC(=S)N(Cc2cccnc2)C1=O. The largest absolute Gasteiger partial charge is 0.481 e. The first kappa shape index (κ1) is 19.5. The van der Waals surface area contributed by atoms with E-state index in [4.69, 9.17) is 22.1 Å². The van der Waals surface area contributed by atoms with E-state index in [1.54, 1.807) is 42.7 Å². The van der Waals surface area contributed by atoms with Crippen molar-refractivity contribution < 1.29 is 19.4 Å². The molecule has 1 N–H and O–H groups in total. The Morgan fingerprint density at radius 3 is 2.93 bits per heavy atom. The lowest BCUT2D eigenvalue weighted by Crippen LogP contribution is -2.27. The number of ether oxygens (including phenoxy) is 1. The normalized spacial score (nSPS) is 15.4. The number of carboxylic acids is 1. The van der Waals surface area contributed by atoms with E-state index in [1.165, 1.54) is 16.7 Å². The van der Waals surface area contributed by atoms with Gasteiger partial charge in [-0.05, 0) is 35.9 Å². The molecule has 1 amide bonds. The van der Waals surface area contributed by atoms with Crippen molar-refractivity contribution in [2.24, 2.45) is 0 Å². The van der Waals surface area contributed by atoms with E-state index in [0.717, 1.165) is 10.0 Å². The van der Waals surface area contributed by atoms with Crippen molar-refractivity contribution in [3.05, 3.63) is 63.2 Å². The number of pyridine rings is 1. The average Bonchev–Trinajstić information content (AvgIpc) is 2.89. The second-order valence-electron chi connectivity index (χ2n) is 5.49. The molecule has 27 heavy (non-hydrogen) atoms. The number of amides is 1. The maximum atomic E-state index is 12.8. The molecule has 1 fully saturated rings. The van der Waals surface area contributed by atoms with E-state index in [9.17, 15) is 9.59 Å². The zero-order valence-corrected chi connectivity index (χ0v) is 17.0. The lowest BCUT2D eigenvalue weighted by atomic mass is 10.2. The highest BCUT2D eigenvalue weighted by atomic mass is 79.9. The van der Waals surface area contributed by atoms with Crippen LogP contribution >= 0.6 is 39.9 Å². The van der Waals surface area contributed by atoms with E-state index in [2.05, 4.69) is 20.9 Å². The molecule has 0 saturated carbocycles. The fourth-order valence-corrected chi connectivity index (χ4v) is 3.98. The number of benzene rings is 1. The van der Waals surface area contributed by atoms with Crippen LogP contribution in [0.15, 0.2) is 52.1 Å². The zero-order valence-electron chi connectivity index (χ0n) is 13.8. The van der Waals surface area contributed by atoms with Crippen molar-refractivity contribution >= 4 is 62.2 Å². The Balaban J connectivity index is 1.85. The number of thiocarbonyl (C=S) groups is 1. The van der Waals surface area contributed by atoms with Gasteiger partial charge in [0.1, 0.15) is 10.1 Å². The van der Waals surface area contributed by atoms with E-state index in [1.807, 2.05) is 6.07 Å². The lowest BCUT2D eigenvalue weighted by molar-refractivity contribution is -0.139. The Morgan fingerprint density at radius 2 is 2.22 bits per heavy atom. The minimum Gasteiger partial charge on any atom is -0.481 e. The quantitative estimate of drug-likeness (QED) is 0.515. The molecule has 1 aliphatic rings. The number of carbonyl (C=O) groups excluding carboxylic acids is 1. The number of aromatic nitrogens is 1. The predicted octanol–water partition coefficient (Wildman–Crippen LogP) is 3.71. The molecule has 2 aromatic rings. The van der Waals surface area contributed by atoms with Gasteiger partial charge in [-0.2, -0.15) is 0 Å². The van der Waals surface area contributed by atoms with Gasteiger partial charge in [0.2, 0.25) is 0 Å². The maximum Gasteiger partial charge on any atom is 0.341 e. The Morgan fingerprint density at radius 1 is 1.41 bits per heavy atom. The van der Waals surface area contributed by atoms with Gasteiger partial charge in [0, 0.05) is 22.4 Å². The minimum atomic E-state index is -1.08. The molecule has 1 aliphatic heterocycles. The molecular formula is C18H13BrN2O4S2. The molecule has 1 aromatic heterocycles. The first-order valence-corrected chi connectivity index (χ1v) is 9.74. The number of hydrogen-bond donors (Lipinski definition) is 1. The van der Waals surface area contributed by atoms with Gasteiger partial charge < -0.3 is 9.84 Å². The van der Waals surface area contributed by atoms with Gasteiger partial charge in [-0.15, -0.1) is 0 Å². The zero-order chi connectivity index (χ0) is 19.4. The highest BCUT2D eigenvalue weighted by molar-refractivity contribution is 9.10. The Bertz CT molecular complexity index is 934. The van der Waals surface area contributed by atoms with Crippen LogP contribution in [0.5, 0.6) is 5.75 Å². The summed E-state index contributed by atoms with van der Waals surface area (Å²) in [4.78, 5) is 29.5. The second kappa shape index (κ2) is 8.64. The van der Waals surface area contributed by atoms with Gasteiger partial charge in [0.25, 0.3) is 5.91 Å². The molecule has 0 radical (unpaired) electrons. The van der Waals surface area contributed by atoms with Crippen LogP contribution in [0.3, 0.4) is 0 Å². The topological polar surface area (TPSA) is 79.7 Å². The summed E-state index contributed by atoms with van der Waals surface area (Å²) < 4.78 is 6.54. The number of nitrogens with zero attached hydrogens (tertiary/aromatic N) is 2. The predicted molar refractivity (Wildman–Crippen MR) is 110 cm³/mol. The van der Waals surface area contributed by atoms with Crippen molar-refractivity contribution in [3.8, 4) is 5.75 Å². The van der Waals surface area contributed by atoms with E-state index < -0.39 is 12.6 Å². The number of carbonyl (C=O) groups is 2. The molecule has 0 bridgehead atoms. The van der Waals surface area contributed by atoms with Gasteiger partial charge in [-0.25, -0.2) is 4.79 Å². The minimum absolute atomic E-state index is 0.210. The van der Waals surface area contributed by atoms with Crippen molar-refractivity contribution in [1.29, 1.82) is 0 Å². The number of thioether (sulfide) groups is 1. The van der Waals surface area contributed by atoms with Crippen LogP contribution in [0.1, 0.15) is 11.1 Å². The molecule has 0 unspecified atom stereocenters.